The fraction of sp³-hybridized carbons (Fsp3) is 0.400. The molecule has 1 aliphatic rings. The summed E-state index contributed by atoms with van der Waals surface area (Å²) in [7, 11) is 0. The van der Waals surface area contributed by atoms with Crippen molar-refractivity contribution in [2.45, 2.75) is 38.2 Å². The van der Waals surface area contributed by atoms with Gasteiger partial charge >= 0.3 is 5.97 Å². The zero-order chi connectivity index (χ0) is 18.4. The minimum Gasteiger partial charge on any atom is -0.481 e. The summed E-state index contributed by atoms with van der Waals surface area (Å²) in [5.74, 6) is -0.600. The molecule has 138 valence electrons. The molecule has 6 heteroatoms. The van der Waals surface area contributed by atoms with Crippen LogP contribution in [0, 0.1) is 0 Å². The highest BCUT2D eigenvalue weighted by molar-refractivity contribution is 6.04. The van der Waals surface area contributed by atoms with E-state index in [-0.39, 0.29) is 12.0 Å². The van der Waals surface area contributed by atoms with Crippen molar-refractivity contribution in [3.05, 3.63) is 36.4 Å². The van der Waals surface area contributed by atoms with Gasteiger partial charge in [-0.1, -0.05) is 24.3 Å². The number of carbonyl (C=O) groups is 2. The first-order valence-electron chi connectivity index (χ1n) is 8.91. The van der Waals surface area contributed by atoms with E-state index in [0.717, 1.165) is 43.1 Å². The number of nitrogens with one attached hydrogen (secondary N) is 1. The van der Waals surface area contributed by atoms with Crippen molar-refractivity contribution in [3.8, 4) is 5.75 Å². The quantitative estimate of drug-likeness (QED) is 0.791. The molecule has 0 aliphatic carbocycles. The van der Waals surface area contributed by atoms with Gasteiger partial charge in [0.15, 0.2) is 6.61 Å². The number of fused-ring (bicyclic) bond motifs is 1. The molecule has 0 radical (unpaired) electrons. The molecule has 26 heavy (non-hydrogen) atoms. The van der Waals surface area contributed by atoms with Crippen LogP contribution in [0.5, 0.6) is 5.75 Å². The average Bonchev–Trinajstić information content (AvgIpc) is 2.66. The summed E-state index contributed by atoms with van der Waals surface area (Å²) in [5, 5.41) is 13.3. The highest BCUT2D eigenvalue weighted by atomic mass is 16.5. The summed E-state index contributed by atoms with van der Waals surface area (Å²) in [5.41, 5.74) is 0.692. The van der Waals surface area contributed by atoms with E-state index < -0.39 is 12.6 Å². The molecule has 1 aliphatic heterocycles. The number of aliphatic carboxylic acids is 1. The van der Waals surface area contributed by atoms with Crippen LogP contribution in [-0.2, 0) is 14.3 Å². The predicted octanol–water partition coefficient (Wildman–Crippen LogP) is 3.59. The molecule has 2 aromatic carbocycles. The molecule has 0 aromatic heterocycles. The van der Waals surface area contributed by atoms with Crippen LogP contribution in [0.1, 0.15) is 32.1 Å². The molecule has 0 bridgehead atoms. The first kappa shape index (κ1) is 18.2. The van der Waals surface area contributed by atoms with Crippen molar-refractivity contribution < 1.29 is 24.2 Å². The zero-order valence-electron chi connectivity index (χ0n) is 14.6. The summed E-state index contributed by atoms with van der Waals surface area (Å²) in [6.45, 7) is 0.381. The zero-order valence-corrected chi connectivity index (χ0v) is 14.6. The van der Waals surface area contributed by atoms with Crippen LogP contribution in [0.4, 0.5) is 5.69 Å². The van der Waals surface area contributed by atoms with Gasteiger partial charge in [0, 0.05) is 29.5 Å². The molecule has 1 unspecified atom stereocenters. The van der Waals surface area contributed by atoms with Crippen LogP contribution < -0.4 is 10.1 Å². The van der Waals surface area contributed by atoms with Gasteiger partial charge in [0.25, 0.3) is 0 Å². The SMILES string of the molecule is O=C(O)COc1ccc(NC(=O)CCC2CCCCO2)c2ccccc12. The maximum Gasteiger partial charge on any atom is 0.341 e. The Bertz CT molecular complexity index is 783. The Balaban J connectivity index is 1.68. The predicted molar refractivity (Wildman–Crippen MR) is 98.5 cm³/mol. The Morgan fingerprint density at radius 3 is 2.69 bits per heavy atom. The van der Waals surface area contributed by atoms with E-state index in [2.05, 4.69) is 5.32 Å². The number of carboxylic acids is 1. The van der Waals surface area contributed by atoms with Gasteiger partial charge in [-0.15, -0.1) is 0 Å². The van der Waals surface area contributed by atoms with Gasteiger partial charge in [-0.25, -0.2) is 4.79 Å². The molecular formula is C20H23NO5. The smallest absolute Gasteiger partial charge is 0.341 e. The lowest BCUT2D eigenvalue weighted by atomic mass is 10.0. The van der Waals surface area contributed by atoms with Gasteiger partial charge < -0.3 is 19.9 Å². The Labute approximate surface area is 152 Å². The van der Waals surface area contributed by atoms with E-state index in [1.807, 2.05) is 24.3 Å². The first-order chi connectivity index (χ1) is 12.6. The Morgan fingerprint density at radius 1 is 1.15 bits per heavy atom. The summed E-state index contributed by atoms with van der Waals surface area (Å²) in [4.78, 5) is 23.1. The lowest BCUT2D eigenvalue weighted by Gasteiger charge is -2.22. The van der Waals surface area contributed by atoms with E-state index in [1.165, 1.54) is 0 Å². The third-order valence-corrected chi connectivity index (χ3v) is 4.48. The Kier molecular flexibility index (Phi) is 6.07. The number of ether oxygens (including phenoxy) is 2. The monoisotopic (exact) mass is 357 g/mol. The largest absolute Gasteiger partial charge is 0.481 e. The standard InChI is InChI=1S/C20H23NO5/c22-19(11-8-14-5-3-4-12-25-14)21-17-9-10-18(26-13-20(23)24)16-7-2-1-6-15(16)17/h1-2,6-7,9-10,14H,3-5,8,11-13H2,(H,21,22)(H,23,24). The summed E-state index contributed by atoms with van der Waals surface area (Å²) < 4.78 is 11.0. The number of carbonyl (C=O) groups excluding carboxylic acids is 1. The van der Waals surface area contributed by atoms with Crippen LogP contribution in [0.15, 0.2) is 36.4 Å². The molecular weight excluding hydrogens is 334 g/mol. The second kappa shape index (κ2) is 8.67. The molecule has 3 rings (SSSR count). The molecule has 1 amide bonds. The van der Waals surface area contributed by atoms with Gasteiger partial charge in [0.2, 0.25) is 5.91 Å². The average molecular weight is 357 g/mol. The van der Waals surface area contributed by atoms with Gasteiger partial charge in [-0.3, -0.25) is 4.79 Å². The van der Waals surface area contributed by atoms with Crippen molar-refractivity contribution in [2.75, 3.05) is 18.5 Å². The van der Waals surface area contributed by atoms with E-state index in [9.17, 15) is 9.59 Å². The van der Waals surface area contributed by atoms with Crippen LogP contribution in [0.25, 0.3) is 10.8 Å². The molecule has 1 saturated heterocycles. The maximum absolute atomic E-state index is 12.3. The molecule has 0 saturated carbocycles. The normalized spacial score (nSPS) is 17.0. The van der Waals surface area contributed by atoms with E-state index >= 15 is 0 Å². The van der Waals surface area contributed by atoms with Crippen molar-refractivity contribution in [2.24, 2.45) is 0 Å². The van der Waals surface area contributed by atoms with Gasteiger partial charge in [0.05, 0.1) is 6.10 Å². The van der Waals surface area contributed by atoms with Gasteiger partial charge in [-0.05, 0) is 37.8 Å². The van der Waals surface area contributed by atoms with Crippen LogP contribution in [-0.4, -0.2) is 36.3 Å². The highest BCUT2D eigenvalue weighted by Crippen LogP contribution is 2.31. The Morgan fingerprint density at radius 2 is 1.96 bits per heavy atom. The fourth-order valence-electron chi connectivity index (χ4n) is 3.19. The van der Waals surface area contributed by atoms with E-state index in [4.69, 9.17) is 14.6 Å². The molecule has 1 atom stereocenters. The van der Waals surface area contributed by atoms with Gasteiger partial charge in [-0.2, -0.15) is 0 Å². The third kappa shape index (κ3) is 4.73. The molecule has 1 fully saturated rings. The lowest BCUT2D eigenvalue weighted by molar-refractivity contribution is -0.139. The van der Waals surface area contributed by atoms with Crippen LogP contribution in [0.2, 0.25) is 0 Å². The summed E-state index contributed by atoms with van der Waals surface area (Å²) >= 11 is 0. The van der Waals surface area contributed by atoms with Crippen molar-refractivity contribution in [3.63, 3.8) is 0 Å². The second-order valence-corrected chi connectivity index (χ2v) is 6.41. The molecule has 1 heterocycles. The minimum atomic E-state index is -1.03. The Hall–Kier alpha value is -2.60. The molecule has 2 aromatic rings. The van der Waals surface area contributed by atoms with Crippen molar-refractivity contribution >= 4 is 28.3 Å². The third-order valence-electron chi connectivity index (χ3n) is 4.48. The number of hydrogen-bond acceptors (Lipinski definition) is 4. The highest BCUT2D eigenvalue weighted by Gasteiger charge is 2.16. The summed E-state index contributed by atoms with van der Waals surface area (Å²) in [6, 6.07) is 10.9. The number of carboxylic acid groups (broad SMARTS) is 1. The van der Waals surface area contributed by atoms with Crippen molar-refractivity contribution in [1.29, 1.82) is 0 Å². The van der Waals surface area contributed by atoms with Crippen molar-refractivity contribution in [1.82, 2.24) is 0 Å². The lowest BCUT2D eigenvalue weighted by Crippen LogP contribution is -2.21. The number of anilines is 1. The van der Waals surface area contributed by atoms with E-state index in [0.29, 0.717) is 17.9 Å². The number of benzene rings is 2. The minimum absolute atomic E-state index is 0.0523. The van der Waals surface area contributed by atoms with Crippen LogP contribution >= 0.6 is 0 Å². The number of hydrogen-bond donors (Lipinski definition) is 2. The molecule has 6 nitrogen and oxygen atoms in total. The number of amides is 1. The first-order valence-corrected chi connectivity index (χ1v) is 8.91. The molecule has 0 spiro atoms. The van der Waals surface area contributed by atoms with Gasteiger partial charge in [0.1, 0.15) is 5.75 Å². The van der Waals surface area contributed by atoms with E-state index in [1.54, 1.807) is 12.1 Å². The second-order valence-electron chi connectivity index (χ2n) is 6.41. The van der Waals surface area contributed by atoms with Crippen LogP contribution in [0.3, 0.4) is 0 Å². The maximum atomic E-state index is 12.3. The molecule has 2 N–H and O–H groups in total. The summed E-state index contributed by atoms with van der Waals surface area (Å²) in [6.07, 6.45) is 4.60. The topological polar surface area (TPSA) is 84.9 Å². The number of rotatable bonds is 7. The fourth-order valence-corrected chi connectivity index (χ4v) is 3.19.